The van der Waals surface area contributed by atoms with Crippen LogP contribution in [0.2, 0.25) is 5.15 Å². The summed E-state index contributed by atoms with van der Waals surface area (Å²) in [5.74, 6) is -0.453. The normalized spacial score (nSPS) is 14.2. The third kappa shape index (κ3) is 4.67. The molecule has 2 aromatic heterocycles. The molecule has 0 bridgehead atoms. The van der Waals surface area contributed by atoms with E-state index in [9.17, 15) is 19.5 Å². The summed E-state index contributed by atoms with van der Waals surface area (Å²) in [4.78, 5) is 46.6. The fourth-order valence-corrected chi connectivity index (χ4v) is 5.00. The average Bonchev–Trinajstić information content (AvgIpc) is 2.86. The highest BCUT2D eigenvalue weighted by atomic mass is 35.5. The van der Waals surface area contributed by atoms with E-state index in [4.69, 9.17) is 16.6 Å². The number of Topliss-reactive ketones (excluding diaryl/α,β-unsaturated/α-hetero) is 1. The number of hydrogen-bond acceptors (Lipinski definition) is 6. The summed E-state index contributed by atoms with van der Waals surface area (Å²) in [7, 11) is 1.68. The molecule has 1 fully saturated rings. The third-order valence-corrected chi connectivity index (χ3v) is 7.37. The van der Waals surface area contributed by atoms with Crippen molar-refractivity contribution in [2.75, 3.05) is 5.32 Å². The van der Waals surface area contributed by atoms with E-state index < -0.39 is 12.0 Å². The van der Waals surface area contributed by atoms with E-state index in [2.05, 4.69) is 10.3 Å². The van der Waals surface area contributed by atoms with Crippen molar-refractivity contribution >= 4 is 39.9 Å². The van der Waals surface area contributed by atoms with Crippen LogP contribution in [0.4, 0.5) is 5.69 Å². The van der Waals surface area contributed by atoms with Gasteiger partial charge in [0.15, 0.2) is 11.5 Å². The van der Waals surface area contributed by atoms with Crippen LogP contribution in [0.3, 0.4) is 0 Å². The topological polar surface area (TPSA) is 114 Å². The molecule has 0 aliphatic heterocycles. The molecule has 2 heterocycles. The Kier molecular flexibility index (Phi) is 6.75. The first kappa shape index (κ1) is 25.6. The number of rotatable bonds is 7. The summed E-state index contributed by atoms with van der Waals surface area (Å²) in [5, 5.41) is 13.3. The second-order valence-corrected chi connectivity index (χ2v) is 10.2. The van der Waals surface area contributed by atoms with Crippen LogP contribution in [0, 0.1) is 12.8 Å². The highest BCUT2D eigenvalue weighted by Gasteiger charge is 2.26. The highest BCUT2D eigenvalue weighted by Crippen LogP contribution is 2.32. The van der Waals surface area contributed by atoms with Crippen molar-refractivity contribution in [1.29, 1.82) is 0 Å². The highest BCUT2D eigenvalue weighted by molar-refractivity contribution is 6.29. The van der Waals surface area contributed by atoms with Crippen LogP contribution in [0.15, 0.2) is 53.3 Å². The Morgan fingerprint density at radius 2 is 1.82 bits per heavy atom. The maximum absolute atomic E-state index is 13.4. The molecule has 4 aromatic rings. The first-order chi connectivity index (χ1) is 18.1. The Bertz CT molecular complexity index is 1640. The number of carboxylic acids is 1. The summed E-state index contributed by atoms with van der Waals surface area (Å²) < 4.78 is 1.51. The van der Waals surface area contributed by atoms with Gasteiger partial charge in [0.1, 0.15) is 11.0 Å². The van der Waals surface area contributed by atoms with E-state index in [0.29, 0.717) is 28.0 Å². The van der Waals surface area contributed by atoms with Crippen LogP contribution in [-0.4, -0.2) is 31.4 Å². The number of fused-ring (bicyclic) bond motifs is 1. The van der Waals surface area contributed by atoms with Crippen molar-refractivity contribution in [3.8, 4) is 11.4 Å². The summed E-state index contributed by atoms with van der Waals surface area (Å²) >= 11 is 5.91. The fourth-order valence-electron chi connectivity index (χ4n) is 4.86. The summed E-state index contributed by atoms with van der Waals surface area (Å²) in [6.07, 6.45) is 2.98. The monoisotopic (exact) mass is 530 g/mol. The standard InChI is InChI=1S/C29H27ClN4O4/c1-15-13-20(16(2)31-22-11-12-23(30)32-25(22)29(37)38)24-21(14-15)28(36)34(3)27(33-24)19-9-7-18(8-10-19)26(35)17-5-4-6-17/h7-14,16-17,31H,4-6H2,1-3H3,(H,37,38)/t16-/m1/s1. The predicted octanol–water partition coefficient (Wildman–Crippen LogP) is 5.81. The molecule has 5 rings (SSSR count). The van der Waals surface area contributed by atoms with Gasteiger partial charge in [-0.15, -0.1) is 0 Å². The lowest BCUT2D eigenvalue weighted by Crippen LogP contribution is -2.22. The van der Waals surface area contributed by atoms with Gasteiger partial charge in [0.25, 0.3) is 5.56 Å². The molecule has 2 aromatic carbocycles. The number of ketones is 1. The van der Waals surface area contributed by atoms with Crippen LogP contribution in [0.1, 0.15) is 64.2 Å². The number of carbonyl (C=O) groups excluding carboxylic acids is 1. The molecule has 1 aliphatic rings. The van der Waals surface area contributed by atoms with Gasteiger partial charge < -0.3 is 10.4 Å². The van der Waals surface area contributed by atoms with Crippen LogP contribution in [0.25, 0.3) is 22.3 Å². The molecule has 194 valence electrons. The molecule has 38 heavy (non-hydrogen) atoms. The molecule has 1 atom stereocenters. The maximum atomic E-state index is 13.4. The second-order valence-electron chi connectivity index (χ2n) is 9.82. The number of nitrogens with one attached hydrogen (secondary N) is 1. The molecule has 2 N–H and O–H groups in total. The molecule has 1 saturated carbocycles. The third-order valence-electron chi connectivity index (χ3n) is 7.16. The number of aromatic nitrogens is 3. The van der Waals surface area contributed by atoms with E-state index >= 15 is 0 Å². The predicted molar refractivity (Wildman–Crippen MR) is 147 cm³/mol. The first-order valence-corrected chi connectivity index (χ1v) is 12.8. The number of nitrogens with zero attached hydrogens (tertiary/aromatic N) is 3. The lowest BCUT2D eigenvalue weighted by atomic mass is 9.80. The van der Waals surface area contributed by atoms with Crippen LogP contribution in [0.5, 0.6) is 0 Å². The van der Waals surface area contributed by atoms with Gasteiger partial charge >= 0.3 is 5.97 Å². The lowest BCUT2D eigenvalue weighted by Gasteiger charge is -2.23. The fraction of sp³-hybridized carbons (Fsp3) is 0.276. The zero-order valence-corrected chi connectivity index (χ0v) is 22.0. The Morgan fingerprint density at radius 3 is 2.45 bits per heavy atom. The molecular weight excluding hydrogens is 504 g/mol. The Balaban J connectivity index is 1.57. The Labute approximate surface area is 224 Å². The van der Waals surface area contributed by atoms with Crippen molar-refractivity contribution < 1.29 is 14.7 Å². The molecule has 0 unspecified atom stereocenters. The van der Waals surface area contributed by atoms with Gasteiger partial charge in [-0.3, -0.25) is 14.2 Å². The van der Waals surface area contributed by atoms with E-state index in [-0.39, 0.29) is 28.1 Å². The quantitative estimate of drug-likeness (QED) is 0.229. The number of pyridine rings is 1. The molecule has 0 radical (unpaired) electrons. The zero-order chi connectivity index (χ0) is 27.1. The van der Waals surface area contributed by atoms with E-state index in [1.54, 1.807) is 31.3 Å². The first-order valence-electron chi connectivity index (χ1n) is 12.5. The Morgan fingerprint density at radius 1 is 1.11 bits per heavy atom. The molecule has 0 amide bonds. The lowest BCUT2D eigenvalue weighted by molar-refractivity contribution is 0.0691. The number of carbonyl (C=O) groups is 2. The van der Waals surface area contributed by atoms with Crippen LogP contribution >= 0.6 is 11.6 Å². The largest absolute Gasteiger partial charge is 0.476 e. The van der Waals surface area contributed by atoms with E-state index in [1.807, 2.05) is 32.0 Å². The van der Waals surface area contributed by atoms with E-state index in [0.717, 1.165) is 36.0 Å². The number of aromatic carboxylic acids is 1. The minimum Gasteiger partial charge on any atom is -0.476 e. The smallest absolute Gasteiger partial charge is 0.356 e. The minimum absolute atomic E-state index is 0.0804. The number of carboxylic acid groups (broad SMARTS) is 1. The zero-order valence-electron chi connectivity index (χ0n) is 21.3. The number of benzene rings is 2. The van der Waals surface area contributed by atoms with Crippen LogP contribution < -0.4 is 10.9 Å². The van der Waals surface area contributed by atoms with E-state index in [1.165, 1.54) is 10.6 Å². The number of aryl methyl sites for hydroxylation is 1. The van der Waals surface area contributed by atoms with Crippen molar-refractivity contribution in [1.82, 2.24) is 14.5 Å². The minimum atomic E-state index is -1.20. The molecule has 0 spiro atoms. The van der Waals surface area contributed by atoms with Gasteiger partial charge in [-0.1, -0.05) is 48.4 Å². The molecular formula is C29H27ClN4O4. The van der Waals surface area contributed by atoms with Gasteiger partial charge in [0.05, 0.1) is 22.6 Å². The van der Waals surface area contributed by atoms with Crippen molar-refractivity contribution in [3.05, 3.63) is 86.4 Å². The molecule has 1 aliphatic carbocycles. The molecule has 9 heteroatoms. The van der Waals surface area contributed by atoms with Gasteiger partial charge in [0.2, 0.25) is 0 Å². The molecule has 0 saturated heterocycles. The second kappa shape index (κ2) is 10.0. The number of hydrogen-bond donors (Lipinski definition) is 2. The van der Waals surface area contributed by atoms with Gasteiger partial charge in [-0.25, -0.2) is 14.8 Å². The number of anilines is 1. The van der Waals surface area contributed by atoms with Crippen molar-refractivity contribution in [3.63, 3.8) is 0 Å². The van der Waals surface area contributed by atoms with Crippen molar-refractivity contribution in [2.45, 2.75) is 39.2 Å². The summed E-state index contributed by atoms with van der Waals surface area (Å²) in [6.45, 7) is 3.77. The SMILES string of the molecule is Cc1cc([C@@H](C)Nc2ccc(Cl)nc2C(=O)O)c2nc(-c3ccc(C(=O)C4CCC4)cc3)n(C)c(=O)c2c1. The number of halogens is 1. The van der Waals surface area contributed by atoms with Crippen LogP contribution in [-0.2, 0) is 7.05 Å². The van der Waals surface area contributed by atoms with Gasteiger partial charge in [-0.05, 0) is 50.5 Å². The maximum Gasteiger partial charge on any atom is 0.356 e. The van der Waals surface area contributed by atoms with Gasteiger partial charge in [-0.2, -0.15) is 0 Å². The Hall–Kier alpha value is -4.04. The summed E-state index contributed by atoms with van der Waals surface area (Å²) in [5.41, 5.74) is 3.44. The summed E-state index contributed by atoms with van der Waals surface area (Å²) in [6, 6.07) is 13.7. The van der Waals surface area contributed by atoms with Crippen molar-refractivity contribution in [2.24, 2.45) is 13.0 Å². The average molecular weight is 531 g/mol. The van der Waals surface area contributed by atoms with Gasteiger partial charge in [0, 0.05) is 29.7 Å². The molecule has 8 nitrogen and oxygen atoms in total.